The van der Waals surface area contributed by atoms with Gasteiger partial charge in [-0.2, -0.15) is 0 Å². The van der Waals surface area contributed by atoms with Gasteiger partial charge in [-0.15, -0.1) is 11.8 Å². The van der Waals surface area contributed by atoms with Gasteiger partial charge >= 0.3 is 23.9 Å². The average molecular weight is 781 g/mol. The second kappa shape index (κ2) is 20.8. The molecule has 1 saturated carbocycles. The summed E-state index contributed by atoms with van der Waals surface area (Å²) in [6, 6.07) is 34.8. The van der Waals surface area contributed by atoms with Crippen molar-refractivity contribution in [3.8, 4) is 0 Å². The topological polar surface area (TPSA) is 124 Å². The molecule has 6 rings (SSSR count). The predicted molar refractivity (Wildman–Crippen MR) is 211 cm³/mol. The summed E-state index contributed by atoms with van der Waals surface area (Å²) in [5.41, 5.74) is 0.837. The molecule has 0 amide bonds. The summed E-state index contributed by atoms with van der Waals surface area (Å²) in [6.07, 6.45) is -0.521. The monoisotopic (exact) mass is 780 g/mol. The largest absolute Gasteiger partial charge is 0.459 e. The van der Waals surface area contributed by atoms with Gasteiger partial charge in [-0.25, -0.2) is 19.2 Å². The quantitative estimate of drug-likeness (QED) is 0.0807. The number of carbonyl (C=O) groups excluding carboxylic acids is 4. The summed E-state index contributed by atoms with van der Waals surface area (Å²) in [5, 5.41) is 0. The van der Waals surface area contributed by atoms with E-state index in [0.717, 1.165) is 37.7 Å². The van der Waals surface area contributed by atoms with Crippen LogP contribution in [0.15, 0.2) is 121 Å². The van der Waals surface area contributed by atoms with Crippen LogP contribution in [0, 0.1) is 5.92 Å². The Morgan fingerprint density at radius 3 is 1.71 bits per heavy atom. The molecular weight excluding hydrogens is 733 g/mol. The van der Waals surface area contributed by atoms with E-state index in [4.69, 9.17) is 28.4 Å². The molecule has 4 aromatic carbocycles. The molecule has 1 aliphatic heterocycles. The zero-order chi connectivity index (χ0) is 39.1. The number of carbonyl (C=O) groups is 4. The van der Waals surface area contributed by atoms with Gasteiger partial charge in [0.25, 0.3) is 0 Å². The first kappa shape index (κ1) is 40.7. The van der Waals surface area contributed by atoms with Crippen molar-refractivity contribution in [1.82, 2.24) is 0 Å². The number of esters is 4. The fourth-order valence-electron chi connectivity index (χ4n) is 7.02. The maximum Gasteiger partial charge on any atom is 0.338 e. The van der Waals surface area contributed by atoms with Crippen LogP contribution < -0.4 is 0 Å². The fraction of sp³-hybridized carbons (Fsp3) is 0.378. The molecule has 10 nitrogen and oxygen atoms in total. The van der Waals surface area contributed by atoms with E-state index in [-0.39, 0.29) is 24.7 Å². The molecule has 56 heavy (non-hydrogen) atoms. The molecule has 1 saturated heterocycles. The highest BCUT2D eigenvalue weighted by molar-refractivity contribution is 7.99. The molecule has 1 unspecified atom stereocenters. The van der Waals surface area contributed by atoms with Crippen LogP contribution in [0.1, 0.15) is 82.1 Å². The number of rotatable bonds is 16. The lowest BCUT2D eigenvalue weighted by Crippen LogP contribution is -2.62. The molecule has 4 aromatic rings. The first-order valence-electron chi connectivity index (χ1n) is 19.3. The number of hydrogen-bond acceptors (Lipinski definition) is 11. The third-order valence-electron chi connectivity index (χ3n) is 9.90. The van der Waals surface area contributed by atoms with Gasteiger partial charge in [0.05, 0.1) is 16.7 Å². The number of benzene rings is 4. The highest BCUT2D eigenvalue weighted by atomic mass is 32.2. The fourth-order valence-corrected chi connectivity index (χ4v) is 7.97. The molecule has 0 bridgehead atoms. The van der Waals surface area contributed by atoms with Gasteiger partial charge in [-0.05, 0) is 60.1 Å². The van der Waals surface area contributed by atoms with E-state index in [1.807, 2.05) is 37.3 Å². The van der Waals surface area contributed by atoms with Crippen LogP contribution in [0.4, 0.5) is 0 Å². The Balaban J connectivity index is 1.38. The highest BCUT2D eigenvalue weighted by Crippen LogP contribution is 2.37. The number of hydrogen-bond donors (Lipinski definition) is 0. The minimum atomic E-state index is -1.30. The van der Waals surface area contributed by atoms with E-state index in [0.29, 0.717) is 23.3 Å². The van der Waals surface area contributed by atoms with Crippen LogP contribution in [0.5, 0.6) is 0 Å². The van der Waals surface area contributed by atoms with Crippen molar-refractivity contribution in [1.29, 1.82) is 0 Å². The van der Waals surface area contributed by atoms with Gasteiger partial charge in [0, 0.05) is 0 Å². The molecule has 0 spiro atoms. The van der Waals surface area contributed by atoms with Crippen molar-refractivity contribution in [3.05, 3.63) is 144 Å². The van der Waals surface area contributed by atoms with Crippen molar-refractivity contribution in [2.24, 2.45) is 5.92 Å². The number of thioether (sulfide) groups is 1. The first-order chi connectivity index (χ1) is 27.4. The maximum absolute atomic E-state index is 14.2. The minimum absolute atomic E-state index is 0.0309. The molecule has 11 heteroatoms. The Morgan fingerprint density at radius 2 is 1.16 bits per heavy atom. The zero-order valence-electron chi connectivity index (χ0n) is 31.4. The van der Waals surface area contributed by atoms with Gasteiger partial charge in [-0.1, -0.05) is 124 Å². The molecule has 0 aromatic heterocycles. The molecule has 2 aliphatic rings. The summed E-state index contributed by atoms with van der Waals surface area (Å²) in [7, 11) is 0. The van der Waals surface area contributed by atoms with E-state index in [1.54, 1.807) is 91.0 Å². The number of ether oxygens (including phenoxy) is 6. The predicted octanol–water partition coefficient (Wildman–Crippen LogP) is 8.24. The molecule has 1 heterocycles. The smallest absolute Gasteiger partial charge is 0.338 e. The Hall–Kier alpha value is -4.97. The lowest BCUT2D eigenvalue weighted by molar-refractivity contribution is -0.235. The van der Waals surface area contributed by atoms with Gasteiger partial charge in [0.2, 0.25) is 0 Å². The molecule has 0 radical (unpaired) electrons. The molecular formula is C45H48O10S. The summed E-state index contributed by atoms with van der Waals surface area (Å²) < 4.78 is 37.6. The second-order valence-electron chi connectivity index (χ2n) is 13.9. The van der Waals surface area contributed by atoms with Crippen molar-refractivity contribution < 1.29 is 47.6 Å². The van der Waals surface area contributed by atoms with Crippen molar-refractivity contribution in [3.63, 3.8) is 0 Å². The minimum Gasteiger partial charge on any atom is -0.459 e. The van der Waals surface area contributed by atoms with Crippen LogP contribution in [0.25, 0.3) is 0 Å². The third-order valence-corrected chi connectivity index (χ3v) is 10.9. The summed E-state index contributed by atoms with van der Waals surface area (Å²) in [6.45, 7) is 1.63. The van der Waals surface area contributed by atoms with E-state index < -0.39 is 59.8 Å². The lowest BCUT2D eigenvalue weighted by atomic mass is 9.85. The standard InChI is InChI=1S/C45H48O10S/c1-2-56-45-40(55-43(48)35-26-16-7-17-27-35)39(52-36(28-31-18-8-3-9-19-31)44(49)50-29-32-20-10-4-11-21-32)38(54-42(47)34-24-14-6-15-25-34)37(53-45)30-51-41(46)33-22-12-5-13-23-33/h4-7,10-17,20-27,31,36-40,45H,2-3,8-9,18-19,28-30H2,1H3/t36?,37-,38+,39+,40-,45+/m1/s1. The van der Waals surface area contributed by atoms with E-state index >= 15 is 0 Å². The summed E-state index contributed by atoms with van der Waals surface area (Å²) in [5.74, 6) is -1.80. The molecule has 1 aliphatic carbocycles. The van der Waals surface area contributed by atoms with Crippen LogP contribution in [-0.4, -0.2) is 72.2 Å². The average Bonchev–Trinajstić information content (AvgIpc) is 3.25. The van der Waals surface area contributed by atoms with Crippen LogP contribution in [0.3, 0.4) is 0 Å². The lowest BCUT2D eigenvalue weighted by Gasteiger charge is -2.45. The second-order valence-corrected chi connectivity index (χ2v) is 15.2. The molecule has 294 valence electrons. The van der Waals surface area contributed by atoms with Gasteiger partial charge in [-0.3, -0.25) is 0 Å². The van der Waals surface area contributed by atoms with Crippen molar-refractivity contribution in [2.75, 3.05) is 12.4 Å². The van der Waals surface area contributed by atoms with Crippen molar-refractivity contribution >= 4 is 35.6 Å². The van der Waals surface area contributed by atoms with E-state index in [9.17, 15) is 19.2 Å². The van der Waals surface area contributed by atoms with Gasteiger partial charge in [0.15, 0.2) is 18.3 Å². The maximum atomic E-state index is 14.2. The molecule has 2 fully saturated rings. The van der Waals surface area contributed by atoms with Crippen LogP contribution in [0.2, 0.25) is 0 Å². The van der Waals surface area contributed by atoms with Gasteiger partial charge < -0.3 is 28.4 Å². The van der Waals surface area contributed by atoms with Crippen LogP contribution in [-0.2, 0) is 39.8 Å². The molecule has 6 atom stereocenters. The summed E-state index contributed by atoms with van der Waals surface area (Å²) in [4.78, 5) is 55.0. The zero-order valence-corrected chi connectivity index (χ0v) is 32.3. The Kier molecular flexibility index (Phi) is 15.1. The summed E-state index contributed by atoms with van der Waals surface area (Å²) >= 11 is 1.36. The Morgan fingerprint density at radius 1 is 0.643 bits per heavy atom. The van der Waals surface area contributed by atoms with Crippen LogP contribution >= 0.6 is 11.8 Å². The van der Waals surface area contributed by atoms with Crippen molar-refractivity contribution in [2.45, 2.75) is 88.0 Å². The van der Waals surface area contributed by atoms with Gasteiger partial charge in [0.1, 0.15) is 30.9 Å². The highest BCUT2D eigenvalue weighted by Gasteiger charge is 2.53. The first-order valence-corrected chi connectivity index (χ1v) is 20.3. The normalized spacial score (nSPS) is 21.6. The molecule has 0 N–H and O–H groups in total. The third kappa shape index (κ3) is 11.3. The van der Waals surface area contributed by atoms with E-state index in [2.05, 4.69) is 0 Å². The Labute approximate surface area is 332 Å². The SMILES string of the molecule is CCS[C@@H]1O[C@H](COC(=O)c2ccccc2)[C@H](OC(=O)c2ccccc2)[C@H](OC(CC2CCCCC2)C(=O)OCc2ccccc2)[C@H]1OC(=O)c1ccccc1. The van der Waals surface area contributed by atoms with E-state index in [1.165, 1.54) is 11.8 Å². The Bertz CT molecular complexity index is 1840.